The van der Waals surface area contributed by atoms with Crippen LogP contribution in [0.4, 0.5) is 0 Å². The van der Waals surface area contributed by atoms with Crippen LogP contribution < -0.4 is 0 Å². The van der Waals surface area contributed by atoms with E-state index in [1.165, 1.54) is 0 Å². The van der Waals surface area contributed by atoms with Crippen molar-refractivity contribution in [1.29, 1.82) is 0 Å². The van der Waals surface area contributed by atoms with Crippen LogP contribution in [0.15, 0.2) is 12.2 Å². The van der Waals surface area contributed by atoms with Gasteiger partial charge >= 0.3 is 11.9 Å². The van der Waals surface area contributed by atoms with Crippen molar-refractivity contribution in [2.75, 3.05) is 34.2 Å². The third-order valence-electron chi connectivity index (χ3n) is 5.22. The number of piperidine rings is 1. The Labute approximate surface area is 136 Å². The third kappa shape index (κ3) is 2.56. The average Bonchev–Trinajstić information content (AvgIpc) is 2.69. The maximum Gasteiger partial charge on any atom is 0.333 e. The molecule has 0 N–H and O–H groups in total. The second-order valence-corrected chi connectivity index (χ2v) is 7.07. The van der Waals surface area contributed by atoms with E-state index in [2.05, 4.69) is 11.9 Å². The molecule has 0 aromatic heterocycles. The molecule has 3 aliphatic heterocycles. The fraction of sp³-hybridized carbons (Fsp3) is 0.750. The Kier molecular flexibility index (Phi) is 3.78. The van der Waals surface area contributed by atoms with E-state index in [9.17, 15) is 9.59 Å². The number of hydrogen-bond donors (Lipinski definition) is 0. The molecular formula is C16H24N2O5. The molecule has 0 aromatic rings. The number of ether oxygens (including phenoxy) is 3. The molecule has 2 atom stereocenters. The van der Waals surface area contributed by atoms with Gasteiger partial charge < -0.3 is 19.1 Å². The van der Waals surface area contributed by atoms with E-state index in [4.69, 9.17) is 14.2 Å². The van der Waals surface area contributed by atoms with Gasteiger partial charge in [-0.3, -0.25) is 4.90 Å². The summed E-state index contributed by atoms with van der Waals surface area (Å²) < 4.78 is 17.7. The van der Waals surface area contributed by atoms with Gasteiger partial charge in [0.15, 0.2) is 0 Å². The van der Waals surface area contributed by atoms with E-state index in [0.717, 1.165) is 38.1 Å². The molecule has 3 rings (SSSR count). The molecule has 128 valence electrons. The highest BCUT2D eigenvalue weighted by molar-refractivity contribution is 5.92. The molecule has 2 unspecified atom stereocenters. The second-order valence-electron chi connectivity index (χ2n) is 7.07. The quantitative estimate of drug-likeness (QED) is 0.651. The second kappa shape index (κ2) is 5.29. The highest BCUT2D eigenvalue weighted by Gasteiger charge is 2.69. The monoisotopic (exact) mass is 324 g/mol. The van der Waals surface area contributed by atoms with Crippen molar-refractivity contribution < 1.29 is 23.8 Å². The van der Waals surface area contributed by atoms with Gasteiger partial charge in [0, 0.05) is 38.6 Å². The van der Waals surface area contributed by atoms with Crippen LogP contribution in [0.25, 0.3) is 0 Å². The van der Waals surface area contributed by atoms with E-state index in [-0.39, 0.29) is 0 Å². The van der Waals surface area contributed by atoms with Crippen molar-refractivity contribution in [3.63, 3.8) is 0 Å². The SMILES string of the molecule is CN1CCC2(CC1)CC1(N(C)C)OC(=O)/C=C\C(=O)OC1(C)O2. The summed E-state index contributed by atoms with van der Waals surface area (Å²) in [5.41, 5.74) is -1.60. The van der Waals surface area contributed by atoms with Gasteiger partial charge in [0.2, 0.25) is 5.72 Å². The summed E-state index contributed by atoms with van der Waals surface area (Å²) in [6, 6.07) is 0. The standard InChI is InChI=1S/C16H24N2O5/c1-14-16(17(2)3,22-13(20)6-5-12(19)21-14)11-15(23-14)7-9-18(4)10-8-15/h5-6H,7-11H2,1-4H3/b6-5-. The molecule has 3 aliphatic rings. The fourth-order valence-electron chi connectivity index (χ4n) is 3.88. The largest absolute Gasteiger partial charge is 0.433 e. The number of likely N-dealkylation sites (tertiary alicyclic amines) is 1. The number of nitrogens with zero attached hydrogens (tertiary/aromatic N) is 2. The molecule has 0 bridgehead atoms. The first-order valence-corrected chi connectivity index (χ1v) is 7.91. The summed E-state index contributed by atoms with van der Waals surface area (Å²) in [4.78, 5) is 28.1. The topological polar surface area (TPSA) is 68.3 Å². The molecule has 0 aromatic carbocycles. The number of esters is 2. The fourth-order valence-corrected chi connectivity index (χ4v) is 3.88. The highest BCUT2D eigenvalue weighted by Crippen LogP contribution is 2.53. The van der Waals surface area contributed by atoms with Crippen LogP contribution in [-0.2, 0) is 23.8 Å². The number of rotatable bonds is 1. The first-order chi connectivity index (χ1) is 10.7. The van der Waals surface area contributed by atoms with Crippen LogP contribution in [0, 0.1) is 0 Å². The molecule has 1 spiro atoms. The van der Waals surface area contributed by atoms with Crippen molar-refractivity contribution in [3.8, 4) is 0 Å². The smallest absolute Gasteiger partial charge is 0.333 e. The molecular weight excluding hydrogens is 300 g/mol. The predicted octanol–water partition coefficient (Wildman–Crippen LogP) is 0.501. The van der Waals surface area contributed by atoms with Crippen LogP contribution in [0.5, 0.6) is 0 Å². The highest BCUT2D eigenvalue weighted by atomic mass is 16.8. The first-order valence-electron chi connectivity index (χ1n) is 7.91. The maximum atomic E-state index is 12.1. The zero-order valence-electron chi connectivity index (χ0n) is 14.1. The Morgan fingerprint density at radius 3 is 2.22 bits per heavy atom. The van der Waals surface area contributed by atoms with Gasteiger partial charge in [-0.05, 0) is 34.0 Å². The van der Waals surface area contributed by atoms with E-state index in [1.54, 1.807) is 11.8 Å². The van der Waals surface area contributed by atoms with Crippen molar-refractivity contribution in [1.82, 2.24) is 9.80 Å². The molecule has 0 aliphatic carbocycles. The lowest BCUT2D eigenvalue weighted by Crippen LogP contribution is -2.62. The molecule has 0 radical (unpaired) electrons. The van der Waals surface area contributed by atoms with Gasteiger partial charge in [-0.25, -0.2) is 9.59 Å². The van der Waals surface area contributed by atoms with Crippen LogP contribution >= 0.6 is 0 Å². The first kappa shape index (κ1) is 16.4. The molecule has 7 heteroatoms. The third-order valence-corrected chi connectivity index (χ3v) is 5.22. The zero-order valence-corrected chi connectivity index (χ0v) is 14.1. The van der Waals surface area contributed by atoms with E-state index < -0.39 is 29.1 Å². The molecule has 0 amide bonds. The van der Waals surface area contributed by atoms with Crippen molar-refractivity contribution in [2.45, 2.75) is 43.3 Å². The van der Waals surface area contributed by atoms with Crippen molar-refractivity contribution in [3.05, 3.63) is 12.2 Å². The van der Waals surface area contributed by atoms with E-state index in [0.29, 0.717) is 6.42 Å². The molecule has 23 heavy (non-hydrogen) atoms. The minimum atomic E-state index is -1.34. The number of fused-ring (bicyclic) bond motifs is 1. The normalized spacial score (nSPS) is 38.7. The minimum Gasteiger partial charge on any atom is -0.433 e. The lowest BCUT2D eigenvalue weighted by Gasteiger charge is -2.44. The minimum absolute atomic E-state index is 0.462. The van der Waals surface area contributed by atoms with Crippen molar-refractivity contribution in [2.24, 2.45) is 0 Å². The summed E-state index contributed by atoms with van der Waals surface area (Å²) in [6.07, 6.45) is 4.27. The summed E-state index contributed by atoms with van der Waals surface area (Å²) in [7, 11) is 5.68. The van der Waals surface area contributed by atoms with Crippen LogP contribution in [0.1, 0.15) is 26.2 Å². The summed E-state index contributed by atoms with van der Waals surface area (Å²) >= 11 is 0. The Hall–Kier alpha value is -1.44. The van der Waals surface area contributed by atoms with E-state index >= 15 is 0 Å². The van der Waals surface area contributed by atoms with Gasteiger partial charge in [0.05, 0.1) is 5.60 Å². The number of likely N-dealkylation sites (N-methyl/N-ethyl adjacent to an activating group) is 1. The zero-order chi connectivity index (χ0) is 16.9. The molecule has 2 fully saturated rings. The summed E-state index contributed by atoms with van der Waals surface area (Å²) in [5.74, 6) is -2.50. The summed E-state index contributed by atoms with van der Waals surface area (Å²) in [5, 5.41) is 0. The van der Waals surface area contributed by atoms with Gasteiger partial charge in [-0.15, -0.1) is 0 Å². The lowest BCUT2D eigenvalue weighted by atomic mass is 9.84. The number of carbonyl (C=O) groups is 2. The Morgan fingerprint density at radius 2 is 1.65 bits per heavy atom. The van der Waals surface area contributed by atoms with Crippen LogP contribution in [-0.4, -0.2) is 73.1 Å². The predicted molar refractivity (Wildman–Crippen MR) is 81.3 cm³/mol. The van der Waals surface area contributed by atoms with Crippen molar-refractivity contribution >= 4 is 11.9 Å². The van der Waals surface area contributed by atoms with Gasteiger partial charge in [0.1, 0.15) is 0 Å². The summed E-state index contributed by atoms with van der Waals surface area (Å²) in [6.45, 7) is 3.46. The lowest BCUT2D eigenvalue weighted by molar-refractivity contribution is -0.309. The average molecular weight is 324 g/mol. The maximum absolute atomic E-state index is 12.1. The molecule has 0 saturated carbocycles. The Balaban J connectivity index is 2.02. The van der Waals surface area contributed by atoms with Crippen LogP contribution in [0.2, 0.25) is 0 Å². The number of carbonyl (C=O) groups excluding carboxylic acids is 2. The van der Waals surface area contributed by atoms with Crippen LogP contribution in [0.3, 0.4) is 0 Å². The van der Waals surface area contributed by atoms with Gasteiger partial charge in [-0.1, -0.05) is 0 Å². The van der Waals surface area contributed by atoms with Gasteiger partial charge in [-0.2, -0.15) is 0 Å². The molecule has 2 saturated heterocycles. The Bertz CT molecular complexity index is 553. The number of hydrogen-bond acceptors (Lipinski definition) is 7. The molecule has 7 nitrogen and oxygen atoms in total. The van der Waals surface area contributed by atoms with Gasteiger partial charge in [0.25, 0.3) is 5.79 Å². The van der Waals surface area contributed by atoms with E-state index in [1.807, 2.05) is 14.1 Å². The Morgan fingerprint density at radius 1 is 1.09 bits per heavy atom. The molecule has 3 heterocycles.